The predicted molar refractivity (Wildman–Crippen MR) is 79.0 cm³/mol. The van der Waals surface area contributed by atoms with Crippen molar-refractivity contribution in [3.05, 3.63) is 40.2 Å². The van der Waals surface area contributed by atoms with E-state index in [0.29, 0.717) is 29.9 Å². The van der Waals surface area contributed by atoms with Gasteiger partial charge >= 0.3 is 0 Å². The van der Waals surface area contributed by atoms with E-state index in [2.05, 4.69) is 0 Å². The van der Waals surface area contributed by atoms with E-state index in [1.807, 2.05) is 0 Å². The Morgan fingerprint density at radius 3 is 2.73 bits per heavy atom. The molecule has 7 heteroatoms. The van der Waals surface area contributed by atoms with Gasteiger partial charge in [0.1, 0.15) is 5.75 Å². The van der Waals surface area contributed by atoms with Crippen molar-refractivity contribution in [2.75, 3.05) is 20.3 Å². The van der Waals surface area contributed by atoms with E-state index >= 15 is 0 Å². The number of benzene rings is 1. The van der Waals surface area contributed by atoms with Crippen LogP contribution in [0.4, 0.5) is 0 Å². The highest BCUT2D eigenvalue weighted by molar-refractivity contribution is 6.05. The minimum absolute atomic E-state index is 0.187. The SMILES string of the molecule is COc1ccc2c(C(N)=O)cc(=O)n(CC3OCCO3)c2c1. The average Bonchev–Trinajstić information content (AvgIpc) is 3.02. The van der Waals surface area contributed by atoms with E-state index in [4.69, 9.17) is 19.9 Å². The maximum atomic E-state index is 12.3. The van der Waals surface area contributed by atoms with Crippen LogP contribution in [0.15, 0.2) is 29.1 Å². The zero-order valence-corrected chi connectivity index (χ0v) is 12.1. The molecular formula is C15H16N2O5. The minimum atomic E-state index is -0.646. The number of methoxy groups -OCH3 is 1. The number of rotatable bonds is 4. The largest absolute Gasteiger partial charge is 0.497 e. The molecule has 0 bridgehead atoms. The molecule has 1 fully saturated rings. The van der Waals surface area contributed by atoms with Gasteiger partial charge < -0.3 is 24.5 Å². The molecule has 3 rings (SSSR count). The van der Waals surface area contributed by atoms with Crippen LogP contribution in [0.3, 0.4) is 0 Å². The summed E-state index contributed by atoms with van der Waals surface area (Å²) in [6.07, 6.45) is -0.480. The molecule has 1 aliphatic rings. The lowest BCUT2D eigenvalue weighted by atomic mass is 10.1. The number of amides is 1. The van der Waals surface area contributed by atoms with Crippen molar-refractivity contribution in [1.29, 1.82) is 0 Å². The third-order valence-corrected chi connectivity index (χ3v) is 3.61. The molecule has 116 valence electrons. The molecule has 0 aliphatic carbocycles. The minimum Gasteiger partial charge on any atom is -0.497 e. The normalized spacial score (nSPS) is 15.3. The van der Waals surface area contributed by atoms with Gasteiger partial charge in [-0.1, -0.05) is 0 Å². The van der Waals surface area contributed by atoms with E-state index in [0.717, 1.165) is 0 Å². The van der Waals surface area contributed by atoms with Gasteiger partial charge in [0.15, 0.2) is 6.29 Å². The topological polar surface area (TPSA) is 92.8 Å². The summed E-state index contributed by atoms with van der Waals surface area (Å²) < 4.78 is 17.5. The number of primary amides is 1. The molecule has 0 spiro atoms. The molecule has 1 aliphatic heterocycles. The zero-order valence-electron chi connectivity index (χ0n) is 12.1. The molecular weight excluding hydrogens is 288 g/mol. The number of aromatic nitrogens is 1. The van der Waals surface area contributed by atoms with Crippen LogP contribution in [-0.4, -0.2) is 37.1 Å². The van der Waals surface area contributed by atoms with Gasteiger partial charge in [0.2, 0.25) is 5.91 Å². The summed E-state index contributed by atoms with van der Waals surface area (Å²) in [6.45, 7) is 1.24. The third-order valence-electron chi connectivity index (χ3n) is 3.61. The van der Waals surface area contributed by atoms with Crippen molar-refractivity contribution < 1.29 is 19.0 Å². The highest BCUT2D eigenvalue weighted by Gasteiger charge is 2.20. The summed E-state index contributed by atoms with van der Waals surface area (Å²) in [5, 5.41) is 0.589. The van der Waals surface area contributed by atoms with Crippen molar-refractivity contribution in [2.45, 2.75) is 12.8 Å². The van der Waals surface area contributed by atoms with Crippen molar-refractivity contribution >= 4 is 16.8 Å². The quantitative estimate of drug-likeness (QED) is 0.887. The molecule has 1 saturated heterocycles. The van der Waals surface area contributed by atoms with E-state index in [-0.39, 0.29) is 17.7 Å². The molecule has 2 aromatic rings. The molecule has 0 unspecified atom stereocenters. The van der Waals surface area contributed by atoms with Crippen molar-refractivity contribution in [3.63, 3.8) is 0 Å². The van der Waals surface area contributed by atoms with Crippen molar-refractivity contribution in [3.8, 4) is 5.75 Å². The Labute approximate surface area is 126 Å². The number of carbonyl (C=O) groups excluding carboxylic acids is 1. The van der Waals surface area contributed by atoms with E-state index in [9.17, 15) is 9.59 Å². The van der Waals surface area contributed by atoms with Crippen LogP contribution in [0.25, 0.3) is 10.9 Å². The smallest absolute Gasteiger partial charge is 0.251 e. The first-order valence-corrected chi connectivity index (χ1v) is 6.85. The predicted octanol–water partition coefficient (Wildman–Crippen LogP) is 0.482. The lowest BCUT2D eigenvalue weighted by Crippen LogP contribution is -2.29. The summed E-state index contributed by atoms with van der Waals surface area (Å²) in [6, 6.07) is 6.36. The Morgan fingerprint density at radius 1 is 1.36 bits per heavy atom. The van der Waals surface area contributed by atoms with E-state index < -0.39 is 12.2 Å². The van der Waals surface area contributed by atoms with Gasteiger partial charge in [0.05, 0.1) is 37.9 Å². The van der Waals surface area contributed by atoms with Crippen LogP contribution in [0.5, 0.6) is 5.75 Å². The van der Waals surface area contributed by atoms with Gasteiger partial charge in [-0.3, -0.25) is 9.59 Å². The molecule has 0 atom stereocenters. The Kier molecular flexibility index (Phi) is 3.82. The fourth-order valence-corrected chi connectivity index (χ4v) is 2.54. The summed E-state index contributed by atoms with van der Waals surface area (Å²) in [7, 11) is 1.53. The maximum absolute atomic E-state index is 12.3. The maximum Gasteiger partial charge on any atom is 0.251 e. The number of hydrogen-bond acceptors (Lipinski definition) is 5. The molecule has 1 aromatic heterocycles. The lowest BCUT2D eigenvalue weighted by Gasteiger charge is -2.16. The van der Waals surface area contributed by atoms with E-state index in [1.54, 1.807) is 18.2 Å². The summed E-state index contributed by atoms with van der Waals surface area (Å²) >= 11 is 0. The zero-order chi connectivity index (χ0) is 15.7. The Balaban J connectivity index is 2.20. The van der Waals surface area contributed by atoms with Crippen LogP contribution in [-0.2, 0) is 16.0 Å². The van der Waals surface area contributed by atoms with Crippen LogP contribution in [0, 0.1) is 0 Å². The lowest BCUT2D eigenvalue weighted by molar-refractivity contribution is -0.0522. The van der Waals surface area contributed by atoms with Gasteiger partial charge in [-0.25, -0.2) is 0 Å². The Morgan fingerprint density at radius 2 is 2.09 bits per heavy atom. The number of hydrogen-bond donors (Lipinski definition) is 1. The van der Waals surface area contributed by atoms with Crippen LogP contribution in [0.1, 0.15) is 10.4 Å². The first-order valence-electron chi connectivity index (χ1n) is 6.85. The fraction of sp³-hybridized carbons (Fsp3) is 0.333. The number of pyridine rings is 1. The summed E-state index contributed by atoms with van der Waals surface area (Å²) in [4.78, 5) is 23.9. The standard InChI is InChI=1S/C15H16N2O5/c1-20-9-2-3-10-11(15(16)19)7-13(18)17(12(10)6-9)8-14-21-4-5-22-14/h2-3,6-7,14H,4-5,8H2,1H3,(H2,16,19). The third kappa shape index (κ3) is 2.56. The molecule has 22 heavy (non-hydrogen) atoms. The second-order valence-corrected chi connectivity index (χ2v) is 4.93. The first-order chi connectivity index (χ1) is 10.6. The highest BCUT2D eigenvalue weighted by atomic mass is 16.7. The van der Waals surface area contributed by atoms with Crippen molar-refractivity contribution in [1.82, 2.24) is 4.57 Å². The Hall–Kier alpha value is -2.38. The number of fused-ring (bicyclic) bond motifs is 1. The second kappa shape index (κ2) is 5.78. The molecule has 2 N–H and O–H groups in total. The van der Waals surface area contributed by atoms with Gasteiger partial charge in [-0.15, -0.1) is 0 Å². The molecule has 0 saturated carbocycles. The second-order valence-electron chi connectivity index (χ2n) is 4.93. The summed E-state index contributed by atoms with van der Waals surface area (Å²) in [5.41, 5.74) is 5.77. The number of ether oxygens (including phenoxy) is 3. The van der Waals surface area contributed by atoms with Gasteiger partial charge in [-0.2, -0.15) is 0 Å². The average molecular weight is 304 g/mol. The molecule has 0 radical (unpaired) electrons. The number of carbonyl (C=O) groups is 1. The Bertz CT molecular complexity index is 777. The van der Waals surface area contributed by atoms with E-state index in [1.165, 1.54) is 17.7 Å². The molecule has 2 heterocycles. The van der Waals surface area contributed by atoms with Crippen LogP contribution >= 0.6 is 0 Å². The number of nitrogens with zero attached hydrogens (tertiary/aromatic N) is 1. The van der Waals surface area contributed by atoms with Crippen LogP contribution < -0.4 is 16.0 Å². The van der Waals surface area contributed by atoms with Crippen LogP contribution in [0.2, 0.25) is 0 Å². The summed E-state index contributed by atoms with van der Waals surface area (Å²) in [5.74, 6) is -0.0664. The van der Waals surface area contributed by atoms with Crippen molar-refractivity contribution in [2.24, 2.45) is 5.73 Å². The first kappa shape index (κ1) is 14.6. The monoisotopic (exact) mass is 304 g/mol. The van der Waals surface area contributed by atoms with Gasteiger partial charge in [0, 0.05) is 17.5 Å². The number of nitrogens with two attached hydrogens (primary N) is 1. The van der Waals surface area contributed by atoms with Gasteiger partial charge in [-0.05, 0) is 12.1 Å². The molecule has 1 amide bonds. The fourth-order valence-electron chi connectivity index (χ4n) is 2.54. The molecule has 7 nitrogen and oxygen atoms in total. The molecule has 1 aromatic carbocycles. The van der Waals surface area contributed by atoms with Gasteiger partial charge in [0.25, 0.3) is 5.56 Å². The highest BCUT2D eigenvalue weighted by Crippen LogP contribution is 2.23.